The minimum absolute atomic E-state index is 0.123. The Bertz CT molecular complexity index is 1920. The van der Waals surface area contributed by atoms with E-state index in [1.54, 1.807) is 42.9 Å². The number of fused-ring (bicyclic) bond motifs is 1. The number of nitrogens with zero attached hydrogens (tertiary/aromatic N) is 3. The molecule has 4 aromatic rings. The summed E-state index contributed by atoms with van der Waals surface area (Å²) in [4.78, 5) is 33.0. The van der Waals surface area contributed by atoms with Crippen LogP contribution in [0.2, 0.25) is 0 Å². The van der Waals surface area contributed by atoms with E-state index in [0.717, 1.165) is 9.13 Å². The molecule has 0 aliphatic carbocycles. The van der Waals surface area contributed by atoms with Crippen molar-refractivity contribution in [2.45, 2.75) is 13.0 Å². The lowest BCUT2D eigenvalue weighted by Crippen LogP contribution is -2.40. The predicted molar refractivity (Wildman–Crippen MR) is 171 cm³/mol. The molecule has 218 valence electrons. The Labute approximate surface area is 265 Å². The third kappa shape index (κ3) is 6.07. The fourth-order valence-electron chi connectivity index (χ4n) is 4.76. The van der Waals surface area contributed by atoms with E-state index in [4.69, 9.17) is 29.2 Å². The zero-order valence-corrected chi connectivity index (χ0v) is 26.5. The number of ether oxygens (including phenoxy) is 4. The summed E-state index contributed by atoms with van der Waals surface area (Å²) in [5.41, 5.74) is 2.54. The number of hydrogen-bond donors (Lipinski definition) is 0. The van der Waals surface area contributed by atoms with E-state index in [1.165, 1.54) is 18.4 Å². The number of nitriles is 1. The van der Waals surface area contributed by atoms with Gasteiger partial charge in [0.05, 0.1) is 46.2 Å². The SMILES string of the molecule is CCOC(=O)C1=C(c2ccccc2)N=c2s/c(=C\c3cc(I)c(OCC#N)c(OC)c3)c(=O)n2[C@H]1c1ccc(OC)cc1. The van der Waals surface area contributed by atoms with Crippen molar-refractivity contribution in [3.63, 3.8) is 0 Å². The number of rotatable bonds is 9. The van der Waals surface area contributed by atoms with Crippen LogP contribution in [0.25, 0.3) is 11.8 Å². The van der Waals surface area contributed by atoms with Gasteiger partial charge in [0.15, 0.2) is 22.9 Å². The molecule has 1 aliphatic heterocycles. The van der Waals surface area contributed by atoms with Crippen molar-refractivity contribution in [2.75, 3.05) is 27.4 Å². The molecule has 1 aliphatic rings. The van der Waals surface area contributed by atoms with Gasteiger partial charge < -0.3 is 18.9 Å². The first-order chi connectivity index (χ1) is 20.9. The van der Waals surface area contributed by atoms with E-state index in [9.17, 15) is 9.59 Å². The van der Waals surface area contributed by atoms with Crippen LogP contribution in [-0.2, 0) is 9.53 Å². The molecular formula is C32H26IN3O6S. The van der Waals surface area contributed by atoms with Crippen LogP contribution in [0.4, 0.5) is 0 Å². The number of carbonyl (C=O) groups excluding carboxylic acids is 1. The molecule has 0 amide bonds. The fourth-order valence-corrected chi connectivity index (χ4v) is 6.54. The van der Waals surface area contributed by atoms with Gasteiger partial charge in [0.25, 0.3) is 5.56 Å². The van der Waals surface area contributed by atoms with Gasteiger partial charge in [0.1, 0.15) is 11.8 Å². The molecule has 0 fully saturated rings. The minimum Gasteiger partial charge on any atom is -0.497 e. The average molecular weight is 708 g/mol. The first-order valence-corrected chi connectivity index (χ1v) is 15.1. The molecule has 0 saturated carbocycles. The van der Waals surface area contributed by atoms with Gasteiger partial charge >= 0.3 is 5.97 Å². The Morgan fingerprint density at radius 2 is 1.86 bits per heavy atom. The van der Waals surface area contributed by atoms with Crippen LogP contribution in [-0.4, -0.2) is 38.0 Å². The summed E-state index contributed by atoms with van der Waals surface area (Å²) in [6.07, 6.45) is 1.75. The van der Waals surface area contributed by atoms with Crippen molar-refractivity contribution >= 4 is 51.7 Å². The normalized spacial score (nSPS) is 14.4. The minimum atomic E-state index is -0.796. The largest absolute Gasteiger partial charge is 0.497 e. The van der Waals surface area contributed by atoms with Crippen molar-refractivity contribution in [1.82, 2.24) is 4.57 Å². The Hall–Kier alpha value is -4.41. The van der Waals surface area contributed by atoms with Gasteiger partial charge in [0.2, 0.25) is 0 Å². The summed E-state index contributed by atoms with van der Waals surface area (Å²) in [6.45, 7) is 1.78. The van der Waals surface area contributed by atoms with Crippen LogP contribution in [0, 0.1) is 14.9 Å². The third-order valence-electron chi connectivity index (χ3n) is 6.64. The number of aromatic nitrogens is 1. The van der Waals surface area contributed by atoms with Crippen molar-refractivity contribution in [3.8, 4) is 23.3 Å². The summed E-state index contributed by atoms with van der Waals surface area (Å²) < 4.78 is 24.6. The van der Waals surface area contributed by atoms with Crippen LogP contribution >= 0.6 is 33.9 Å². The van der Waals surface area contributed by atoms with E-state index in [-0.39, 0.29) is 24.3 Å². The molecule has 0 radical (unpaired) electrons. The smallest absolute Gasteiger partial charge is 0.338 e. The van der Waals surface area contributed by atoms with Crippen LogP contribution in [0.3, 0.4) is 0 Å². The molecule has 1 atom stereocenters. The Balaban J connectivity index is 1.77. The monoisotopic (exact) mass is 707 g/mol. The maximum Gasteiger partial charge on any atom is 0.338 e. The highest BCUT2D eigenvalue weighted by molar-refractivity contribution is 14.1. The fraction of sp³-hybridized carbons (Fsp3) is 0.188. The molecule has 0 unspecified atom stereocenters. The highest BCUT2D eigenvalue weighted by Crippen LogP contribution is 2.36. The predicted octanol–water partition coefficient (Wildman–Crippen LogP) is 4.46. The number of methoxy groups -OCH3 is 2. The lowest BCUT2D eigenvalue weighted by atomic mass is 9.93. The maximum atomic E-state index is 14.1. The number of halogens is 1. The molecule has 1 aromatic heterocycles. The number of benzene rings is 3. The molecule has 3 aromatic carbocycles. The zero-order valence-electron chi connectivity index (χ0n) is 23.5. The highest BCUT2D eigenvalue weighted by Gasteiger charge is 2.35. The molecule has 5 rings (SSSR count). The number of thiazole rings is 1. The van der Waals surface area contributed by atoms with Crippen LogP contribution in [0.15, 0.2) is 82.1 Å². The van der Waals surface area contributed by atoms with Crippen LogP contribution < -0.4 is 29.1 Å². The first kappa shape index (κ1) is 30.1. The zero-order chi connectivity index (χ0) is 30.5. The Morgan fingerprint density at radius 3 is 2.51 bits per heavy atom. The van der Waals surface area contributed by atoms with Crippen LogP contribution in [0.5, 0.6) is 17.2 Å². The maximum absolute atomic E-state index is 14.1. The summed E-state index contributed by atoms with van der Waals surface area (Å²) >= 11 is 3.33. The van der Waals surface area contributed by atoms with E-state index in [2.05, 4.69) is 22.6 Å². The summed E-state index contributed by atoms with van der Waals surface area (Å²) in [7, 11) is 3.09. The second kappa shape index (κ2) is 13.3. The van der Waals surface area contributed by atoms with Crippen molar-refractivity contribution in [1.29, 1.82) is 5.26 Å². The van der Waals surface area contributed by atoms with E-state index < -0.39 is 12.0 Å². The standard InChI is InChI=1S/C32H26IN3O6S/c1-4-41-31(38)26-27(20-8-6-5-7-9-20)35-32-36(28(26)21-10-12-22(39-2)13-11-21)30(37)25(43-32)18-19-16-23(33)29(42-15-14-34)24(17-19)40-3/h5-13,16-18,28H,4,15H2,1-3H3/b25-18-/t28-/m0/s1. The summed E-state index contributed by atoms with van der Waals surface area (Å²) in [5.74, 6) is 0.988. The highest BCUT2D eigenvalue weighted by atomic mass is 127. The second-order valence-electron chi connectivity index (χ2n) is 9.19. The van der Waals surface area contributed by atoms with Gasteiger partial charge in [-0.1, -0.05) is 53.8 Å². The molecule has 0 bridgehead atoms. The Morgan fingerprint density at radius 1 is 1.12 bits per heavy atom. The first-order valence-electron chi connectivity index (χ1n) is 13.2. The topological polar surface area (TPSA) is 112 Å². The summed E-state index contributed by atoms with van der Waals surface area (Å²) in [5, 5.41) is 8.94. The molecule has 9 nitrogen and oxygen atoms in total. The number of esters is 1. The van der Waals surface area contributed by atoms with Crippen molar-refractivity contribution < 1.29 is 23.7 Å². The molecule has 43 heavy (non-hydrogen) atoms. The van der Waals surface area contributed by atoms with Crippen molar-refractivity contribution in [2.24, 2.45) is 4.99 Å². The lowest BCUT2D eigenvalue weighted by Gasteiger charge is -2.26. The third-order valence-corrected chi connectivity index (χ3v) is 8.42. The van der Waals surface area contributed by atoms with Gasteiger partial charge in [-0.25, -0.2) is 9.79 Å². The molecule has 0 spiro atoms. The van der Waals surface area contributed by atoms with E-state index >= 15 is 0 Å². The number of hydrogen-bond acceptors (Lipinski definition) is 9. The molecular weight excluding hydrogens is 681 g/mol. The van der Waals surface area contributed by atoms with E-state index in [1.807, 2.05) is 54.6 Å². The van der Waals surface area contributed by atoms with Gasteiger partial charge in [0, 0.05) is 5.56 Å². The molecule has 2 heterocycles. The van der Waals surface area contributed by atoms with Crippen molar-refractivity contribution in [3.05, 3.63) is 112 Å². The van der Waals surface area contributed by atoms with Gasteiger partial charge in [-0.2, -0.15) is 5.26 Å². The lowest BCUT2D eigenvalue weighted by molar-refractivity contribution is -0.138. The van der Waals surface area contributed by atoms with E-state index in [0.29, 0.717) is 43.4 Å². The summed E-state index contributed by atoms with van der Waals surface area (Å²) in [6, 6.07) is 21.4. The molecule has 11 heteroatoms. The second-order valence-corrected chi connectivity index (χ2v) is 11.4. The Kier molecular flexibility index (Phi) is 9.27. The molecule has 0 N–H and O–H groups in total. The number of carbonyl (C=O) groups is 1. The quantitative estimate of drug-likeness (QED) is 0.187. The van der Waals surface area contributed by atoms with Gasteiger partial charge in [-0.3, -0.25) is 9.36 Å². The average Bonchev–Trinajstić information content (AvgIpc) is 3.34. The molecule has 0 saturated heterocycles. The van der Waals surface area contributed by atoms with Gasteiger partial charge in [-0.15, -0.1) is 0 Å². The van der Waals surface area contributed by atoms with Gasteiger partial charge in [-0.05, 0) is 71.0 Å². The van der Waals surface area contributed by atoms with Crippen LogP contribution in [0.1, 0.15) is 29.7 Å².